The summed E-state index contributed by atoms with van der Waals surface area (Å²) >= 11 is 0. The fraction of sp³-hybridized carbons (Fsp3) is 0.684. The average Bonchev–Trinajstić information content (AvgIpc) is 3.28. The molecule has 0 aromatic carbocycles. The molecule has 1 fully saturated rings. The lowest BCUT2D eigenvalue weighted by Crippen LogP contribution is -2.65. The molecule has 9 nitrogen and oxygen atoms in total. The number of hydrogen-bond donors (Lipinski definition) is 3. The van der Waals surface area contributed by atoms with E-state index < -0.39 is 41.4 Å². The highest BCUT2D eigenvalue weighted by molar-refractivity contribution is 5.87. The molecule has 0 aromatic heterocycles. The first-order valence-corrected chi connectivity index (χ1v) is 17.0. The average molecular weight is 658 g/mol. The predicted molar refractivity (Wildman–Crippen MR) is 185 cm³/mol. The first-order valence-electron chi connectivity index (χ1n) is 17.0. The maximum Gasteiger partial charge on any atom is 0.316 e. The Balaban J connectivity index is 2.02. The topological polar surface area (TPSA) is 127 Å². The Morgan fingerprint density at radius 3 is 2.57 bits per heavy atom. The minimum Gasteiger partial charge on any atom is -0.462 e. The zero-order chi connectivity index (χ0) is 35.1. The van der Waals surface area contributed by atoms with Gasteiger partial charge < -0.3 is 34.4 Å². The van der Waals surface area contributed by atoms with Gasteiger partial charge in [0.1, 0.15) is 36.4 Å². The number of oxime groups is 1. The van der Waals surface area contributed by atoms with Crippen molar-refractivity contribution in [3.05, 3.63) is 58.7 Å². The Kier molecular flexibility index (Phi) is 13.8. The molecule has 9 atom stereocenters. The van der Waals surface area contributed by atoms with Gasteiger partial charge in [0.25, 0.3) is 0 Å². The van der Waals surface area contributed by atoms with Crippen LogP contribution in [0.4, 0.5) is 0 Å². The van der Waals surface area contributed by atoms with Crippen molar-refractivity contribution < 1.29 is 39.2 Å². The molecule has 0 spiro atoms. The second-order valence-corrected chi connectivity index (χ2v) is 14.3. The molecule has 9 heteroatoms. The number of carbonyl (C=O) groups excluding carboxylic acids is 1. The van der Waals surface area contributed by atoms with Gasteiger partial charge in [-0.15, -0.1) is 0 Å². The van der Waals surface area contributed by atoms with E-state index in [1.54, 1.807) is 27.0 Å². The molecule has 3 aliphatic rings. The Hall–Kier alpha value is -2.56. The molecule has 1 saturated heterocycles. The first kappa shape index (κ1) is 38.9. The Morgan fingerprint density at radius 1 is 1.23 bits per heavy atom. The third-order valence-corrected chi connectivity index (χ3v) is 10.1. The van der Waals surface area contributed by atoms with Crippen molar-refractivity contribution in [2.24, 2.45) is 28.8 Å². The van der Waals surface area contributed by atoms with Crippen LogP contribution in [0.3, 0.4) is 0 Å². The van der Waals surface area contributed by atoms with E-state index in [1.165, 1.54) is 12.7 Å². The number of aliphatic hydroxyl groups excluding tert-OH is 2. The minimum absolute atomic E-state index is 0.0729. The van der Waals surface area contributed by atoms with Crippen LogP contribution in [0.5, 0.6) is 0 Å². The largest absolute Gasteiger partial charge is 0.462 e. The van der Waals surface area contributed by atoms with E-state index >= 15 is 0 Å². The summed E-state index contributed by atoms with van der Waals surface area (Å²) in [6.07, 6.45) is 11.7. The maximum atomic E-state index is 14.2. The van der Waals surface area contributed by atoms with Crippen molar-refractivity contribution in [1.29, 1.82) is 0 Å². The number of esters is 1. The maximum absolute atomic E-state index is 14.2. The highest BCUT2D eigenvalue weighted by atomic mass is 16.6. The number of hydrogen-bond acceptors (Lipinski definition) is 9. The van der Waals surface area contributed by atoms with E-state index in [0.29, 0.717) is 42.5 Å². The smallest absolute Gasteiger partial charge is 0.316 e. The van der Waals surface area contributed by atoms with Gasteiger partial charge >= 0.3 is 5.97 Å². The normalized spacial score (nSPS) is 37.1. The van der Waals surface area contributed by atoms with Gasteiger partial charge in [-0.1, -0.05) is 74.9 Å². The summed E-state index contributed by atoms with van der Waals surface area (Å²) in [4.78, 5) is 19.4. The Bertz CT molecular complexity index is 1280. The number of nitrogens with zero attached hydrogens (tertiary/aromatic N) is 1. The molecule has 3 rings (SSSR count). The van der Waals surface area contributed by atoms with Crippen molar-refractivity contribution in [2.45, 2.75) is 123 Å². The molecular weight excluding hydrogens is 598 g/mol. The summed E-state index contributed by atoms with van der Waals surface area (Å²) in [6.45, 7) is 15.7. The van der Waals surface area contributed by atoms with Crippen LogP contribution in [0.2, 0.25) is 0 Å². The van der Waals surface area contributed by atoms with E-state index in [4.69, 9.17) is 19.0 Å². The van der Waals surface area contributed by atoms with Gasteiger partial charge in [0.2, 0.25) is 0 Å². The molecule has 4 unspecified atom stereocenters. The van der Waals surface area contributed by atoms with Crippen LogP contribution in [-0.2, 0) is 23.8 Å². The van der Waals surface area contributed by atoms with Crippen molar-refractivity contribution in [3.8, 4) is 0 Å². The number of cyclic esters (lactones) is 1. The fourth-order valence-electron chi connectivity index (χ4n) is 7.27. The highest BCUT2D eigenvalue weighted by Crippen LogP contribution is 2.52. The van der Waals surface area contributed by atoms with Crippen LogP contribution < -0.4 is 0 Å². The standard InChI is InChI=1S/C38H59NO8/c1-23(2)18-26(5)34(40)28(7)33(39-45-10)17-16-31-21-30(44-9)15-14-25(4)19-24(3)12-11-13-29-22-46-37(8)35(41)27(6)20-32(36(42)47-31)38(29,37)43/h11-14,18,20,23-24,28,30-32,34-35,40-41,43H,15-17,19,21-22H2,1-10H3/b12-11+,25-14+,26-18+,29-13+,39-33-/t24-,28-,30+,31?,32?,34?,35?,37+,38+/m0/s1. The van der Waals surface area contributed by atoms with Crippen LogP contribution in [0.15, 0.2) is 63.9 Å². The summed E-state index contributed by atoms with van der Waals surface area (Å²) < 4.78 is 18.3. The van der Waals surface area contributed by atoms with Gasteiger partial charge in [0.05, 0.1) is 24.5 Å². The number of aliphatic hydroxyl groups is 3. The molecule has 0 radical (unpaired) electrons. The summed E-state index contributed by atoms with van der Waals surface area (Å²) in [6, 6.07) is 0. The second kappa shape index (κ2) is 16.7. The molecule has 2 aliphatic heterocycles. The zero-order valence-electron chi connectivity index (χ0n) is 30.2. The van der Waals surface area contributed by atoms with Gasteiger partial charge in [-0.05, 0) is 81.9 Å². The third-order valence-electron chi connectivity index (χ3n) is 10.1. The lowest BCUT2D eigenvalue weighted by molar-refractivity contribution is -0.192. The van der Waals surface area contributed by atoms with Crippen molar-refractivity contribution in [3.63, 3.8) is 0 Å². The van der Waals surface area contributed by atoms with Crippen molar-refractivity contribution in [1.82, 2.24) is 0 Å². The summed E-state index contributed by atoms with van der Waals surface area (Å²) in [5.74, 6) is -1.52. The summed E-state index contributed by atoms with van der Waals surface area (Å²) in [5.41, 5.74) is 0.527. The minimum atomic E-state index is -1.82. The molecule has 1 aliphatic carbocycles. The molecule has 264 valence electrons. The van der Waals surface area contributed by atoms with E-state index in [2.05, 4.69) is 45.0 Å². The van der Waals surface area contributed by atoms with Gasteiger partial charge in [-0.2, -0.15) is 0 Å². The van der Waals surface area contributed by atoms with Crippen LogP contribution in [-0.4, -0.2) is 83.4 Å². The van der Waals surface area contributed by atoms with E-state index in [9.17, 15) is 20.1 Å². The number of carbonyl (C=O) groups is 1. The fourth-order valence-corrected chi connectivity index (χ4v) is 7.27. The van der Waals surface area contributed by atoms with E-state index in [-0.39, 0.29) is 30.5 Å². The highest BCUT2D eigenvalue weighted by Gasteiger charge is 2.67. The summed E-state index contributed by atoms with van der Waals surface area (Å²) in [7, 11) is 3.14. The number of allylic oxidation sites excluding steroid dienone is 5. The molecule has 47 heavy (non-hydrogen) atoms. The van der Waals surface area contributed by atoms with Crippen LogP contribution in [0.1, 0.15) is 87.5 Å². The molecule has 0 amide bonds. The molecule has 0 bridgehead atoms. The molecule has 0 saturated carbocycles. The molecule has 3 N–H and O–H groups in total. The van der Waals surface area contributed by atoms with Gasteiger partial charge in [-0.25, -0.2) is 0 Å². The molecular formula is C38H59NO8. The van der Waals surface area contributed by atoms with Crippen LogP contribution in [0, 0.1) is 23.7 Å². The Labute approximate surface area is 282 Å². The SMILES string of the molecule is CO/N=C(/CCC1C[C@H](OC)C/C=C(\C)C[C@@H](C)/C=C/C=C2\CO[C@]3(C)C(O)C(C)=CC(C(=O)O1)[C@]23O)[C@H](C)C(O)/C(C)=C/C(C)C. The summed E-state index contributed by atoms with van der Waals surface area (Å²) in [5, 5.41) is 39.0. The van der Waals surface area contributed by atoms with Gasteiger partial charge in [0, 0.05) is 19.4 Å². The molecule has 0 aromatic rings. The van der Waals surface area contributed by atoms with E-state index in [0.717, 1.165) is 12.0 Å². The second-order valence-electron chi connectivity index (χ2n) is 14.3. The first-order chi connectivity index (χ1) is 22.1. The predicted octanol–water partition coefficient (Wildman–Crippen LogP) is 6.00. The van der Waals surface area contributed by atoms with Gasteiger partial charge in [0.15, 0.2) is 0 Å². The van der Waals surface area contributed by atoms with Crippen LogP contribution in [0.25, 0.3) is 0 Å². The number of ether oxygens (including phenoxy) is 3. The Morgan fingerprint density at radius 2 is 1.94 bits per heavy atom. The number of rotatable bonds is 9. The van der Waals surface area contributed by atoms with Crippen molar-refractivity contribution in [2.75, 3.05) is 20.8 Å². The molecule has 2 heterocycles. The quantitative estimate of drug-likeness (QED) is 0.119. The third kappa shape index (κ3) is 8.92. The zero-order valence-corrected chi connectivity index (χ0v) is 30.2. The lowest BCUT2D eigenvalue weighted by atomic mass is 9.64. The van der Waals surface area contributed by atoms with E-state index in [1.807, 2.05) is 32.1 Å². The lowest BCUT2D eigenvalue weighted by Gasteiger charge is -2.48. The van der Waals surface area contributed by atoms with Crippen molar-refractivity contribution >= 4 is 11.7 Å². The van der Waals surface area contributed by atoms with Crippen LogP contribution >= 0.6 is 0 Å². The number of methoxy groups -OCH3 is 1. The monoisotopic (exact) mass is 657 g/mol. The van der Waals surface area contributed by atoms with Gasteiger partial charge in [-0.3, -0.25) is 4.79 Å².